The van der Waals surface area contributed by atoms with E-state index in [0.29, 0.717) is 0 Å². The monoisotopic (exact) mass is 247 g/mol. The number of nitrogens with zero attached hydrogens (tertiary/aromatic N) is 2. The average molecular weight is 248 g/mol. The molecule has 84 valence electrons. The van der Waals surface area contributed by atoms with Gasteiger partial charge in [-0.3, -0.25) is 0 Å². The fraction of sp³-hybridized carbons (Fsp3) is 0.300. The van der Waals surface area contributed by atoms with Crippen LogP contribution < -0.4 is 5.73 Å². The van der Waals surface area contributed by atoms with Gasteiger partial charge < -0.3 is 10.3 Å². The molecule has 0 aliphatic carbocycles. The Hall–Kier alpha value is -0.770. The molecule has 3 nitrogen and oxygen atoms in total. The van der Waals surface area contributed by atoms with Crippen molar-refractivity contribution in [1.82, 2.24) is 9.55 Å². The molecule has 0 saturated heterocycles. The first-order valence-corrected chi connectivity index (χ1v) is 4.36. The first-order valence-electron chi connectivity index (χ1n) is 4.36. The first kappa shape index (κ1) is 14.2. The van der Waals surface area contributed by atoms with E-state index in [-0.39, 0.29) is 30.9 Å². The minimum atomic E-state index is 0. The maximum atomic E-state index is 5.83. The lowest BCUT2D eigenvalue weighted by Crippen LogP contribution is -2.09. The van der Waals surface area contributed by atoms with Crippen molar-refractivity contribution in [2.24, 2.45) is 12.8 Å². The van der Waals surface area contributed by atoms with Gasteiger partial charge >= 0.3 is 0 Å². The molecule has 1 unspecified atom stereocenters. The zero-order chi connectivity index (χ0) is 9.42. The fourth-order valence-electron chi connectivity index (χ4n) is 1.62. The van der Waals surface area contributed by atoms with Gasteiger partial charge in [-0.2, -0.15) is 0 Å². The molecule has 0 aliphatic rings. The third-order valence-electron chi connectivity index (χ3n) is 2.29. The van der Waals surface area contributed by atoms with Gasteiger partial charge in [-0.1, -0.05) is 0 Å². The van der Waals surface area contributed by atoms with E-state index in [0.717, 1.165) is 16.7 Å². The summed E-state index contributed by atoms with van der Waals surface area (Å²) in [7, 11) is 1.99. The van der Waals surface area contributed by atoms with E-state index in [1.165, 1.54) is 0 Å². The zero-order valence-corrected chi connectivity index (χ0v) is 10.3. The third-order valence-corrected chi connectivity index (χ3v) is 2.29. The highest BCUT2D eigenvalue weighted by Gasteiger charge is 2.08. The molecule has 2 N–H and O–H groups in total. The number of fused-ring (bicyclic) bond motifs is 1. The number of aromatic nitrogens is 2. The third kappa shape index (κ3) is 2.43. The number of rotatable bonds is 1. The van der Waals surface area contributed by atoms with Crippen LogP contribution in [-0.2, 0) is 7.05 Å². The molecule has 0 spiro atoms. The Labute approximate surface area is 101 Å². The van der Waals surface area contributed by atoms with Gasteiger partial charge in [0.05, 0.1) is 0 Å². The highest BCUT2D eigenvalue weighted by molar-refractivity contribution is 5.85. The van der Waals surface area contributed by atoms with Crippen LogP contribution in [0.2, 0.25) is 0 Å². The Bertz CT molecular complexity index is 437. The summed E-state index contributed by atoms with van der Waals surface area (Å²) in [4.78, 5) is 4.29. The first-order chi connectivity index (χ1) is 6.20. The summed E-state index contributed by atoms with van der Waals surface area (Å²) in [5, 5.41) is 1.15. The highest BCUT2D eigenvalue weighted by atomic mass is 35.5. The second kappa shape index (κ2) is 5.35. The van der Waals surface area contributed by atoms with Crippen LogP contribution in [0.1, 0.15) is 18.7 Å². The predicted octanol–water partition coefficient (Wildman–Crippen LogP) is 2.44. The van der Waals surface area contributed by atoms with Crippen LogP contribution in [0.4, 0.5) is 0 Å². The number of aryl methyl sites for hydroxylation is 1. The van der Waals surface area contributed by atoms with Crippen LogP contribution in [0, 0.1) is 0 Å². The maximum Gasteiger partial charge on any atom is 0.139 e. The van der Waals surface area contributed by atoms with E-state index in [1.54, 1.807) is 6.20 Å². The molecular formula is C10H15Cl2N3. The number of nitrogens with two attached hydrogens (primary N) is 1. The van der Waals surface area contributed by atoms with Crippen LogP contribution in [-0.4, -0.2) is 9.55 Å². The Morgan fingerprint density at radius 1 is 1.40 bits per heavy atom. The van der Waals surface area contributed by atoms with Crippen molar-refractivity contribution in [2.75, 3.05) is 0 Å². The van der Waals surface area contributed by atoms with E-state index in [9.17, 15) is 0 Å². The van der Waals surface area contributed by atoms with E-state index in [2.05, 4.69) is 11.1 Å². The van der Waals surface area contributed by atoms with Crippen LogP contribution in [0.5, 0.6) is 0 Å². The van der Waals surface area contributed by atoms with Gasteiger partial charge in [0.15, 0.2) is 0 Å². The molecular weight excluding hydrogens is 233 g/mol. The number of hydrogen-bond acceptors (Lipinski definition) is 2. The molecule has 0 radical (unpaired) electrons. The molecule has 15 heavy (non-hydrogen) atoms. The van der Waals surface area contributed by atoms with Crippen LogP contribution in [0.15, 0.2) is 24.4 Å². The van der Waals surface area contributed by atoms with Crippen molar-refractivity contribution in [3.8, 4) is 0 Å². The number of hydrogen-bond donors (Lipinski definition) is 1. The van der Waals surface area contributed by atoms with Crippen LogP contribution in [0.3, 0.4) is 0 Å². The lowest BCUT2D eigenvalue weighted by Gasteiger charge is -2.05. The molecule has 0 amide bonds. The summed E-state index contributed by atoms with van der Waals surface area (Å²) in [5.41, 5.74) is 7.94. The van der Waals surface area contributed by atoms with Crippen molar-refractivity contribution in [1.29, 1.82) is 0 Å². The minimum Gasteiger partial charge on any atom is -0.331 e. The number of pyridine rings is 1. The molecule has 2 aromatic rings. The molecule has 0 bridgehead atoms. The van der Waals surface area contributed by atoms with Crippen molar-refractivity contribution < 1.29 is 0 Å². The van der Waals surface area contributed by atoms with Crippen molar-refractivity contribution in [3.05, 3.63) is 30.1 Å². The van der Waals surface area contributed by atoms with Gasteiger partial charge in [0.1, 0.15) is 5.65 Å². The van der Waals surface area contributed by atoms with Gasteiger partial charge in [-0.05, 0) is 25.1 Å². The van der Waals surface area contributed by atoms with E-state index >= 15 is 0 Å². The molecule has 0 aromatic carbocycles. The molecule has 0 fully saturated rings. The van der Waals surface area contributed by atoms with Crippen molar-refractivity contribution in [3.63, 3.8) is 0 Å². The largest absolute Gasteiger partial charge is 0.331 e. The van der Waals surface area contributed by atoms with Crippen LogP contribution in [0.25, 0.3) is 11.0 Å². The Morgan fingerprint density at radius 3 is 2.60 bits per heavy atom. The molecule has 1 atom stereocenters. The van der Waals surface area contributed by atoms with E-state index < -0.39 is 0 Å². The smallest absolute Gasteiger partial charge is 0.139 e. The zero-order valence-electron chi connectivity index (χ0n) is 8.68. The predicted molar refractivity (Wildman–Crippen MR) is 67.8 cm³/mol. The van der Waals surface area contributed by atoms with Gasteiger partial charge in [-0.15, -0.1) is 24.8 Å². The topological polar surface area (TPSA) is 43.8 Å². The standard InChI is InChI=1S/C10H13N3.2ClH/c1-7(11)9-6-8-4-3-5-12-10(8)13(9)2;;/h3-7H,11H2,1-2H3;2*1H. The van der Waals surface area contributed by atoms with Crippen molar-refractivity contribution in [2.45, 2.75) is 13.0 Å². The summed E-state index contributed by atoms with van der Waals surface area (Å²) in [5.74, 6) is 0. The Morgan fingerprint density at radius 2 is 2.07 bits per heavy atom. The minimum absolute atomic E-state index is 0. The van der Waals surface area contributed by atoms with Gasteiger partial charge in [0, 0.05) is 30.4 Å². The second-order valence-electron chi connectivity index (χ2n) is 3.33. The lowest BCUT2D eigenvalue weighted by molar-refractivity contribution is 0.723. The Balaban J connectivity index is 0.000000980. The quantitative estimate of drug-likeness (QED) is 0.842. The van der Waals surface area contributed by atoms with Gasteiger partial charge in [0.2, 0.25) is 0 Å². The molecule has 2 heterocycles. The summed E-state index contributed by atoms with van der Waals surface area (Å²) in [6, 6.07) is 6.13. The summed E-state index contributed by atoms with van der Waals surface area (Å²) >= 11 is 0. The maximum absolute atomic E-state index is 5.83. The Kier molecular flexibility index (Phi) is 5.08. The molecule has 5 heteroatoms. The van der Waals surface area contributed by atoms with Gasteiger partial charge in [0.25, 0.3) is 0 Å². The van der Waals surface area contributed by atoms with E-state index in [1.807, 2.05) is 30.7 Å². The number of halogens is 2. The molecule has 2 aromatic heterocycles. The second-order valence-corrected chi connectivity index (χ2v) is 3.33. The van der Waals surface area contributed by atoms with Crippen molar-refractivity contribution >= 4 is 35.8 Å². The van der Waals surface area contributed by atoms with Gasteiger partial charge in [-0.25, -0.2) is 4.98 Å². The highest BCUT2D eigenvalue weighted by Crippen LogP contribution is 2.19. The normalized spacial score (nSPS) is 11.7. The van der Waals surface area contributed by atoms with Crippen LogP contribution >= 0.6 is 24.8 Å². The van der Waals surface area contributed by atoms with E-state index in [4.69, 9.17) is 5.73 Å². The summed E-state index contributed by atoms with van der Waals surface area (Å²) in [6.07, 6.45) is 1.80. The molecule has 0 aliphatic heterocycles. The molecule has 2 rings (SSSR count). The average Bonchev–Trinajstić information content (AvgIpc) is 2.45. The molecule has 0 saturated carbocycles. The lowest BCUT2D eigenvalue weighted by atomic mass is 10.2. The summed E-state index contributed by atoms with van der Waals surface area (Å²) < 4.78 is 2.04. The SMILES string of the molecule is CC(N)c1cc2cccnc2n1C.Cl.Cl. The fourth-order valence-corrected chi connectivity index (χ4v) is 1.62. The summed E-state index contributed by atoms with van der Waals surface area (Å²) in [6.45, 7) is 1.98.